The molecule has 0 unspecified atom stereocenters. The monoisotopic (exact) mass is 364 g/mol. The Bertz CT molecular complexity index is 934. The molecular formula is C21H21FN4O. The minimum atomic E-state index is -0.340. The van der Waals surface area contributed by atoms with Crippen molar-refractivity contribution >= 4 is 17.3 Å². The van der Waals surface area contributed by atoms with E-state index in [0.29, 0.717) is 17.3 Å². The fraction of sp³-hybridized carbons (Fsp3) is 0.381. The van der Waals surface area contributed by atoms with Crippen LogP contribution in [0.2, 0.25) is 0 Å². The molecule has 27 heavy (non-hydrogen) atoms. The van der Waals surface area contributed by atoms with Crippen molar-refractivity contribution in [3.8, 4) is 6.07 Å². The highest BCUT2D eigenvalue weighted by Gasteiger charge is 2.47. The third-order valence-corrected chi connectivity index (χ3v) is 5.62. The number of nitrogens with one attached hydrogen (secondary N) is 1. The molecule has 1 aromatic carbocycles. The molecule has 3 atom stereocenters. The molecule has 1 aromatic heterocycles. The van der Waals surface area contributed by atoms with Crippen molar-refractivity contribution in [2.75, 3.05) is 10.2 Å². The van der Waals surface area contributed by atoms with Gasteiger partial charge in [-0.05, 0) is 49.1 Å². The van der Waals surface area contributed by atoms with E-state index in [4.69, 9.17) is 0 Å². The molecule has 1 aliphatic heterocycles. The quantitative estimate of drug-likeness (QED) is 0.893. The van der Waals surface area contributed by atoms with Crippen LogP contribution in [0.1, 0.15) is 44.0 Å². The third kappa shape index (κ3) is 3.03. The van der Waals surface area contributed by atoms with Crippen molar-refractivity contribution in [3.63, 3.8) is 0 Å². The summed E-state index contributed by atoms with van der Waals surface area (Å²) >= 11 is 0. The minimum absolute atomic E-state index is 0.0239. The molecule has 1 saturated carbocycles. The van der Waals surface area contributed by atoms with Crippen LogP contribution in [0.5, 0.6) is 0 Å². The second-order valence-electron chi connectivity index (χ2n) is 7.41. The Kier molecular flexibility index (Phi) is 4.31. The number of amides is 1. The van der Waals surface area contributed by atoms with Crippen molar-refractivity contribution in [1.29, 1.82) is 5.26 Å². The Morgan fingerprint density at radius 2 is 2.15 bits per heavy atom. The molecule has 1 fully saturated rings. The van der Waals surface area contributed by atoms with Crippen LogP contribution in [0.3, 0.4) is 0 Å². The molecule has 2 heterocycles. The van der Waals surface area contributed by atoms with Gasteiger partial charge in [0.1, 0.15) is 11.9 Å². The normalized spacial score (nSPS) is 24.1. The molecule has 1 aliphatic carbocycles. The summed E-state index contributed by atoms with van der Waals surface area (Å²) in [5, 5.41) is 12.8. The highest BCUT2D eigenvalue weighted by molar-refractivity contribution is 5.94. The number of aromatic nitrogens is 1. The Labute approximate surface area is 157 Å². The van der Waals surface area contributed by atoms with Gasteiger partial charge in [0.2, 0.25) is 5.91 Å². The van der Waals surface area contributed by atoms with E-state index in [1.54, 1.807) is 31.3 Å². The predicted octanol–water partition coefficient (Wildman–Crippen LogP) is 4.03. The number of rotatable bonds is 3. The summed E-state index contributed by atoms with van der Waals surface area (Å²) in [5.74, 6) is 0.148. The SMILES string of the molecule is CC(=O)N1c2ccc(F)cc2[C@H](Nc2cccnc2C#N)[C@@H](C)[C@@H]1C1CC1. The van der Waals surface area contributed by atoms with Gasteiger partial charge in [-0.3, -0.25) is 4.79 Å². The van der Waals surface area contributed by atoms with Gasteiger partial charge in [0, 0.05) is 36.3 Å². The van der Waals surface area contributed by atoms with Gasteiger partial charge in [0.15, 0.2) is 5.69 Å². The Morgan fingerprint density at radius 3 is 2.81 bits per heavy atom. The third-order valence-electron chi connectivity index (χ3n) is 5.62. The first-order chi connectivity index (χ1) is 13.0. The molecule has 1 amide bonds. The number of pyridine rings is 1. The van der Waals surface area contributed by atoms with Crippen molar-refractivity contribution in [2.24, 2.45) is 11.8 Å². The summed E-state index contributed by atoms with van der Waals surface area (Å²) in [5.41, 5.74) is 2.42. The molecule has 4 rings (SSSR count). The van der Waals surface area contributed by atoms with Crippen LogP contribution in [-0.4, -0.2) is 16.9 Å². The van der Waals surface area contributed by atoms with Crippen LogP contribution in [0, 0.1) is 29.0 Å². The average Bonchev–Trinajstić information content (AvgIpc) is 3.48. The van der Waals surface area contributed by atoms with E-state index in [0.717, 1.165) is 24.1 Å². The van der Waals surface area contributed by atoms with Crippen LogP contribution in [0.15, 0.2) is 36.5 Å². The van der Waals surface area contributed by atoms with Crippen LogP contribution < -0.4 is 10.2 Å². The standard InChI is InChI=1S/C21H21FN4O/c1-12-20(25-17-4-3-9-24-18(17)11-23)16-10-15(22)7-8-19(16)26(13(2)27)21(12)14-5-6-14/h3-4,7-10,12,14,20-21,25H,5-6H2,1-2H3/t12-,20-,21-/m1/s1. The summed E-state index contributed by atoms with van der Waals surface area (Å²) < 4.78 is 14.1. The van der Waals surface area contributed by atoms with Crippen molar-refractivity contribution in [3.05, 3.63) is 53.6 Å². The first-order valence-electron chi connectivity index (χ1n) is 9.22. The van der Waals surface area contributed by atoms with Gasteiger partial charge in [-0.1, -0.05) is 6.92 Å². The number of carbonyl (C=O) groups excluding carboxylic acids is 1. The molecule has 2 aromatic rings. The first kappa shape index (κ1) is 17.5. The molecule has 138 valence electrons. The minimum Gasteiger partial charge on any atom is -0.375 e. The lowest BCUT2D eigenvalue weighted by atomic mass is 9.79. The van der Waals surface area contributed by atoms with Gasteiger partial charge in [-0.25, -0.2) is 9.37 Å². The molecule has 0 spiro atoms. The second-order valence-corrected chi connectivity index (χ2v) is 7.41. The van der Waals surface area contributed by atoms with Crippen molar-refractivity contribution in [2.45, 2.75) is 38.8 Å². The smallest absolute Gasteiger partial charge is 0.224 e. The van der Waals surface area contributed by atoms with Gasteiger partial charge in [-0.2, -0.15) is 5.26 Å². The van der Waals surface area contributed by atoms with E-state index in [1.165, 1.54) is 12.1 Å². The molecule has 6 heteroatoms. The van der Waals surface area contributed by atoms with Crippen LogP contribution in [-0.2, 0) is 4.79 Å². The number of carbonyl (C=O) groups is 1. The summed E-state index contributed by atoms with van der Waals surface area (Å²) in [6, 6.07) is 10.1. The van der Waals surface area contributed by atoms with Gasteiger partial charge in [0.25, 0.3) is 0 Å². The molecular weight excluding hydrogens is 343 g/mol. The summed E-state index contributed by atoms with van der Waals surface area (Å²) in [7, 11) is 0. The van der Waals surface area contributed by atoms with Crippen molar-refractivity contribution < 1.29 is 9.18 Å². The van der Waals surface area contributed by atoms with Crippen LogP contribution in [0.25, 0.3) is 0 Å². The molecule has 1 N–H and O–H groups in total. The topological polar surface area (TPSA) is 69.0 Å². The molecule has 5 nitrogen and oxygen atoms in total. The maximum absolute atomic E-state index is 14.1. The number of benzene rings is 1. The number of nitrogens with zero attached hydrogens (tertiary/aromatic N) is 3. The number of hydrogen-bond donors (Lipinski definition) is 1. The van der Waals surface area contributed by atoms with Crippen molar-refractivity contribution in [1.82, 2.24) is 4.98 Å². The molecule has 0 bridgehead atoms. The predicted molar refractivity (Wildman–Crippen MR) is 101 cm³/mol. The number of hydrogen-bond acceptors (Lipinski definition) is 4. The molecule has 0 radical (unpaired) electrons. The summed E-state index contributed by atoms with van der Waals surface area (Å²) in [6.45, 7) is 3.66. The zero-order valence-corrected chi connectivity index (χ0v) is 15.3. The average molecular weight is 364 g/mol. The van der Waals surface area contributed by atoms with Gasteiger partial charge in [0.05, 0.1) is 11.7 Å². The van der Waals surface area contributed by atoms with Gasteiger partial charge >= 0.3 is 0 Å². The Morgan fingerprint density at radius 1 is 1.37 bits per heavy atom. The summed E-state index contributed by atoms with van der Waals surface area (Å²) in [4.78, 5) is 18.4. The van der Waals surface area contributed by atoms with Gasteiger partial charge < -0.3 is 10.2 Å². The molecule has 2 aliphatic rings. The lowest BCUT2D eigenvalue weighted by Crippen LogP contribution is -2.51. The van der Waals surface area contributed by atoms with Gasteiger partial charge in [-0.15, -0.1) is 0 Å². The lowest BCUT2D eigenvalue weighted by molar-refractivity contribution is -0.117. The lowest BCUT2D eigenvalue weighted by Gasteiger charge is -2.46. The number of anilines is 2. The fourth-order valence-electron chi connectivity index (χ4n) is 4.32. The Hall–Kier alpha value is -2.94. The highest BCUT2D eigenvalue weighted by atomic mass is 19.1. The fourth-order valence-corrected chi connectivity index (χ4v) is 4.32. The van der Waals surface area contributed by atoms with E-state index < -0.39 is 0 Å². The van der Waals surface area contributed by atoms with E-state index >= 15 is 0 Å². The first-order valence-corrected chi connectivity index (χ1v) is 9.22. The van der Waals surface area contributed by atoms with E-state index in [9.17, 15) is 14.4 Å². The van der Waals surface area contributed by atoms with Crippen LogP contribution in [0.4, 0.5) is 15.8 Å². The maximum Gasteiger partial charge on any atom is 0.224 e. The second kappa shape index (κ2) is 6.66. The van der Waals surface area contributed by atoms with E-state index in [1.807, 2.05) is 4.90 Å². The van der Waals surface area contributed by atoms with E-state index in [-0.39, 0.29) is 29.7 Å². The molecule has 0 saturated heterocycles. The zero-order chi connectivity index (χ0) is 19.1. The number of halogens is 1. The largest absolute Gasteiger partial charge is 0.375 e. The zero-order valence-electron chi connectivity index (χ0n) is 15.3. The van der Waals surface area contributed by atoms with Crippen LogP contribution >= 0.6 is 0 Å². The highest BCUT2D eigenvalue weighted by Crippen LogP contribution is 2.50. The van der Waals surface area contributed by atoms with E-state index in [2.05, 4.69) is 23.3 Å². The summed E-state index contributed by atoms with van der Waals surface area (Å²) in [6.07, 6.45) is 3.77. The number of nitriles is 1. The maximum atomic E-state index is 14.1. The number of fused-ring (bicyclic) bond motifs is 1. The Balaban J connectivity index is 1.83.